The van der Waals surface area contributed by atoms with Crippen LogP contribution in [0.15, 0.2) is 152 Å². The van der Waals surface area contributed by atoms with Gasteiger partial charge in [0.2, 0.25) is 0 Å². The second-order valence-electron chi connectivity index (χ2n) is 23.9. The Kier molecular flexibility index (Phi) is 12.4. The largest absolute Gasteiger partial charge is 0.457 e. The molecule has 6 aromatic carbocycles. The monoisotopic (exact) mass is 927 g/mol. The summed E-state index contributed by atoms with van der Waals surface area (Å²) in [5.41, 5.74) is 15.7. The Morgan fingerprint density at radius 2 is 1.07 bits per heavy atom. The van der Waals surface area contributed by atoms with Crippen LogP contribution in [0.3, 0.4) is 0 Å². The summed E-state index contributed by atoms with van der Waals surface area (Å²) in [6.45, 7) is 35.4. The van der Waals surface area contributed by atoms with Gasteiger partial charge in [0.25, 0.3) is 0 Å². The fourth-order valence-electron chi connectivity index (χ4n) is 10.1. The number of hydrogen-bond acceptors (Lipinski definition) is 4. The second-order valence-corrected chi connectivity index (χ2v) is 23.9. The van der Waals surface area contributed by atoms with Crippen LogP contribution in [0.4, 0.5) is 11.4 Å². The quantitative estimate of drug-likeness (QED) is 0.137. The Balaban J connectivity index is 1.18. The van der Waals surface area contributed by atoms with E-state index in [0.29, 0.717) is 18.5 Å². The first-order valence-corrected chi connectivity index (χ1v) is 25.4. The topological polar surface area (TPSA) is 33.5 Å². The summed E-state index contributed by atoms with van der Waals surface area (Å²) in [4.78, 5) is 10.0. The Morgan fingerprint density at radius 3 is 1.70 bits per heavy atom. The SMILES string of the molecule is CC(C)c1cccc(C(C)C)c1C1=CN(c2cc(Oc3ccc4c5ccccc5n(-c5cc(C(C)(C)c6ccccc6)ccn5)c4c3)cc(C(C)(C)C)c2)CN1c1cc(C(C)(C)C)cc(C(C)(C)C)c1. The van der Waals surface area contributed by atoms with Crippen LogP contribution in [0.1, 0.15) is 160 Å². The Hall–Kier alpha value is -6.59. The van der Waals surface area contributed by atoms with Crippen molar-refractivity contribution in [3.63, 3.8) is 0 Å². The van der Waals surface area contributed by atoms with Crippen molar-refractivity contribution in [2.75, 3.05) is 16.5 Å². The van der Waals surface area contributed by atoms with Crippen LogP contribution < -0.4 is 14.5 Å². The molecular weight excluding hydrogens is 853 g/mol. The van der Waals surface area contributed by atoms with Crippen molar-refractivity contribution in [3.05, 3.63) is 196 Å². The van der Waals surface area contributed by atoms with Crippen molar-refractivity contribution in [2.24, 2.45) is 0 Å². The van der Waals surface area contributed by atoms with E-state index in [9.17, 15) is 0 Å². The smallest absolute Gasteiger partial charge is 0.137 e. The van der Waals surface area contributed by atoms with Crippen molar-refractivity contribution < 1.29 is 4.74 Å². The third kappa shape index (κ3) is 9.28. The number of benzene rings is 6. The fraction of sp³-hybridized carbons (Fsp3) is 0.338. The second kappa shape index (κ2) is 18.0. The van der Waals surface area contributed by atoms with Crippen molar-refractivity contribution in [1.82, 2.24) is 9.55 Å². The standard InChI is InChI=1S/C65H74N4O/c1-42(2)53-25-21-26-54(43(3)4)61(53)59-40-67(41-68(59)50-34-46(62(5,6)7)32-47(35-50)63(8,9)10)49-33-48(64(11,12)13)36-52(38-49)70-51-28-29-56-55-24-19-20-27-57(55)69(58(56)39-51)60-37-45(30-31-66-60)65(14,15)44-22-17-16-18-23-44/h16-40,42-43H,41H2,1-15H3. The maximum absolute atomic E-state index is 7.08. The average Bonchev–Trinajstić information content (AvgIpc) is 3.90. The van der Waals surface area contributed by atoms with Gasteiger partial charge in [-0.1, -0.05) is 177 Å². The Bertz CT molecular complexity index is 3200. The van der Waals surface area contributed by atoms with E-state index in [1.54, 1.807) is 0 Å². The van der Waals surface area contributed by atoms with E-state index in [2.05, 4.69) is 264 Å². The molecule has 0 aliphatic carbocycles. The lowest BCUT2D eigenvalue weighted by molar-refractivity contribution is 0.479. The van der Waals surface area contributed by atoms with Crippen LogP contribution in [0.25, 0.3) is 33.3 Å². The van der Waals surface area contributed by atoms with Crippen LogP contribution in [-0.4, -0.2) is 16.2 Å². The Morgan fingerprint density at radius 1 is 0.486 bits per heavy atom. The summed E-state index contributed by atoms with van der Waals surface area (Å²) in [5.74, 6) is 3.15. The molecule has 360 valence electrons. The predicted molar refractivity (Wildman–Crippen MR) is 299 cm³/mol. The summed E-state index contributed by atoms with van der Waals surface area (Å²) in [6, 6.07) is 51.3. The lowest BCUT2D eigenvalue weighted by atomic mass is 9.78. The molecule has 0 saturated heterocycles. The number of hydrogen-bond donors (Lipinski definition) is 0. The number of rotatable bonds is 10. The maximum Gasteiger partial charge on any atom is 0.137 e. The zero-order valence-corrected chi connectivity index (χ0v) is 44.5. The van der Waals surface area contributed by atoms with Crippen LogP contribution >= 0.6 is 0 Å². The summed E-state index contributed by atoms with van der Waals surface area (Å²) >= 11 is 0. The Labute approximate surface area is 418 Å². The number of anilines is 2. The molecule has 8 aromatic rings. The third-order valence-corrected chi connectivity index (χ3v) is 14.6. The summed E-state index contributed by atoms with van der Waals surface area (Å²) in [5, 5.41) is 2.34. The zero-order valence-electron chi connectivity index (χ0n) is 44.5. The van der Waals surface area contributed by atoms with Gasteiger partial charge in [-0.15, -0.1) is 0 Å². The highest BCUT2D eigenvalue weighted by Crippen LogP contribution is 2.45. The van der Waals surface area contributed by atoms with E-state index in [-0.39, 0.29) is 21.7 Å². The van der Waals surface area contributed by atoms with E-state index < -0.39 is 0 Å². The highest BCUT2D eigenvalue weighted by molar-refractivity contribution is 6.09. The van der Waals surface area contributed by atoms with Crippen molar-refractivity contribution in [1.29, 1.82) is 0 Å². The van der Waals surface area contributed by atoms with Crippen molar-refractivity contribution in [3.8, 4) is 17.3 Å². The summed E-state index contributed by atoms with van der Waals surface area (Å²) < 4.78 is 9.38. The first-order valence-electron chi connectivity index (χ1n) is 25.4. The highest BCUT2D eigenvalue weighted by Gasteiger charge is 2.32. The lowest BCUT2D eigenvalue weighted by Gasteiger charge is -2.32. The molecule has 1 aliphatic heterocycles. The van der Waals surface area contributed by atoms with E-state index in [1.807, 2.05) is 6.20 Å². The molecule has 70 heavy (non-hydrogen) atoms. The minimum Gasteiger partial charge on any atom is -0.457 e. The lowest BCUT2D eigenvalue weighted by Crippen LogP contribution is -2.28. The molecule has 0 fully saturated rings. The number of fused-ring (bicyclic) bond motifs is 3. The molecule has 0 N–H and O–H groups in total. The first kappa shape index (κ1) is 48.4. The van der Waals surface area contributed by atoms with E-state index in [0.717, 1.165) is 39.4 Å². The molecule has 5 nitrogen and oxygen atoms in total. The number of nitrogens with zero attached hydrogens (tertiary/aromatic N) is 4. The molecule has 0 bridgehead atoms. The number of pyridine rings is 1. The third-order valence-electron chi connectivity index (χ3n) is 14.6. The van der Waals surface area contributed by atoms with Crippen molar-refractivity contribution >= 4 is 38.9 Å². The number of ether oxygens (including phenoxy) is 1. The van der Waals surface area contributed by atoms with Gasteiger partial charge in [-0.05, 0) is 122 Å². The van der Waals surface area contributed by atoms with Gasteiger partial charge in [0.1, 0.15) is 17.3 Å². The maximum atomic E-state index is 7.08. The molecule has 2 aromatic heterocycles. The molecule has 0 saturated carbocycles. The van der Waals surface area contributed by atoms with Crippen LogP contribution in [0.5, 0.6) is 11.5 Å². The molecule has 1 aliphatic rings. The van der Waals surface area contributed by atoms with Gasteiger partial charge in [0.15, 0.2) is 0 Å². The molecule has 0 spiro atoms. The van der Waals surface area contributed by atoms with Crippen LogP contribution in [0.2, 0.25) is 0 Å². The minimum atomic E-state index is -0.218. The van der Waals surface area contributed by atoms with Gasteiger partial charge in [0.05, 0.1) is 23.4 Å². The van der Waals surface area contributed by atoms with E-state index >= 15 is 0 Å². The van der Waals surface area contributed by atoms with Gasteiger partial charge in [-0.2, -0.15) is 0 Å². The molecule has 3 heterocycles. The van der Waals surface area contributed by atoms with Crippen LogP contribution in [-0.2, 0) is 21.7 Å². The molecule has 0 amide bonds. The fourth-order valence-corrected chi connectivity index (χ4v) is 10.1. The van der Waals surface area contributed by atoms with Gasteiger partial charge >= 0.3 is 0 Å². The molecule has 5 heteroatoms. The first-order chi connectivity index (χ1) is 33.0. The normalized spacial score (nSPS) is 13.9. The number of aromatic nitrogens is 2. The summed E-state index contributed by atoms with van der Waals surface area (Å²) in [7, 11) is 0. The average molecular weight is 927 g/mol. The molecule has 0 radical (unpaired) electrons. The zero-order chi connectivity index (χ0) is 50.1. The van der Waals surface area contributed by atoms with Gasteiger partial charge in [-0.3, -0.25) is 4.57 Å². The van der Waals surface area contributed by atoms with E-state index in [1.165, 1.54) is 61.3 Å². The van der Waals surface area contributed by atoms with Gasteiger partial charge < -0.3 is 14.5 Å². The van der Waals surface area contributed by atoms with Crippen molar-refractivity contribution in [2.45, 2.75) is 137 Å². The van der Waals surface area contributed by atoms with Gasteiger partial charge in [0, 0.05) is 57.7 Å². The highest BCUT2D eigenvalue weighted by atomic mass is 16.5. The predicted octanol–water partition coefficient (Wildman–Crippen LogP) is 17.7. The van der Waals surface area contributed by atoms with Crippen LogP contribution in [0, 0.1) is 0 Å². The molecule has 0 unspecified atom stereocenters. The number of para-hydroxylation sites is 1. The minimum absolute atomic E-state index is 0.0251. The molecule has 0 atom stereocenters. The summed E-state index contributed by atoms with van der Waals surface area (Å²) in [6.07, 6.45) is 4.36. The molecular formula is C65H74N4O. The van der Waals surface area contributed by atoms with Gasteiger partial charge in [-0.25, -0.2) is 4.98 Å². The van der Waals surface area contributed by atoms with E-state index in [4.69, 9.17) is 9.72 Å². The molecule has 9 rings (SSSR count).